The molecule has 10 aliphatic carbocycles. The topological polar surface area (TPSA) is 0 Å². The predicted molar refractivity (Wildman–Crippen MR) is 367 cm³/mol. The van der Waals surface area contributed by atoms with Crippen molar-refractivity contribution >= 4 is 0 Å². The highest BCUT2D eigenvalue weighted by molar-refractivity contribution is 4.87. The van der Waals surface area contributed by atoms with Crippen LogP contribution in [0.5, 0.6) is 0 Å². The van der Waals surface area contributed by atoms with Crippen LogP contribution in [0.2, 0.25) is 0 Å². The summed E-state index contributed by atoms with van der Waals surface area (Å²) >= 11 is 0. The maximum Gasteiger partial charge on any atom is -0.0329 e. The number of rotatable bonds is 2. The Kier molecular flexibility index (Phi) is 36.7. The first kappa shape index (κ1) is 78.0. The van der Waals surface area contributed by atoms with Gasteiger partial charge in [-0.25, -0.2) is 0 Å². The van der Waals surface area contributed by atoms with Crippen LogP contribution < -0.4 is 0 Å². The first-order valence-corrected chi connectivity index (χ1v) is 36.8. The molecule has 0 aromatic rings. The van der Waals surface area contributed by atoms with Gasteiger partial charge in [-0.1, -0.05) is 285 Å². The molecule has 0 bridgehead atoms. The largest absolute Gasteiger partial charge is 0.0651 e. The molecule has 10 fully saturated rings. The van der Waals surface area contributed by atoms with Gasteiger partial charge in [-0.05, 0) is 229 Å². The maximum atomic E-state index is 2.39. The van der Waals surface area contributed by atoms with Crippen molar-refractivity contribution in [3.05, 3.63) is 0 Å². The lowest BCUT2D eigenvalue weighted by Gasteiger charge is -2.45. The fourth-order valence-corrected chi connectivity index (χ4v) is 17.1. The first-order chi connectivity index (χ1) is 36.8. The average molecular weight is 1120 g/mol. The molecular formula is C80H160. The van der Waals surface area contributed by atoms with Crippen LogP contribution in [0.1, 0.15) is 355 Å². The fraction of sp³-hybridized carbons (Fsp3) is 1.00. The minimum absolute atomic E-state index is 0.653. The zero-order valence-corrected chi connectivity index (χ0v) is 61.6. The molecule has 0 spiro atoms. The molecule has 480 valence electrons. The van der Waals surface area contributed by atoms with E-state index in [9.17, 15) is 0 Å². The molecule has 0 nitrogen and oxygen atoms in total. The molecule has 0 aromatic carbocycles. The third kappa shape index (κ3) is 29.6. The Morgan fingerprint density at radius 2 is 0.637 bits per heavy atom. The van der Waals surface area contributed by atoms with Gasteiger partial charge in [-0.15, -0.1) is 0 Å². The van der Waals surface area contributed by atoms with Crippen molar-refractivity contribution in [1.29, 1.82) is 0 Å². The van der Waals surface area contributed by atoms with E-state index in [1.54, 1.807) is 0 Å². The van der Waals surface area contributed by atoms with Crippen molar-refractivity contribution in [3.63, 3.8) is 0 Å². The zero-order valence-electron chi connectivity index (χ0n) is 61.6. The second-order valence-electron chi connectivity index (χ2n) is 35.7. The summed E-state index contributed by atoms with van der Waals surface area (Å²) in [6, 6.07) is 0. The highest BCUT2D eigenvalue weighted by Crippen LogP contribution is 2.46. The molecule has 80 heavy (non-hydrogen) atoms. The van der Waals surface area contributed by atoms with Gasteiger partial charge in [-0.2, -0.15) is 0 Å². The molecule has 0 N–H and O–H groups in total. The van der Waals surface area contributed by atoms with Crippen LogP contribution in [0.25, 0.3) is 0 Å². The van der Waals surface area contributed by atoms with Crippen LogP contribution in [0.15, 0.2) is 0 Å². The van der Waals surface area contributed by atoms with E-state index in [4.69, 9.17) is 0 Å². The summed E-state index contributed by atoms with van der Waals surface area (Å²) in [5.41, 5.74) is 1.98. The van der Waals surface area contributed by atoms with E-state index in [1.165, 1.54) is 148 Å². The maximum absolute atomic E-state index is 2.39. The average Bonchev–Trinajstić information content (AvgIpc) is 4.28. The molecule has 10 saturated carbocycles. The summed E-state index contributed by atoms with van der Waals surface area (Å²) in [6.45, 7) is 70.9. The molecule has 10 aliphatic rings. The molecule has 0 radical (unpaired) electrons. The van der Waals surface area contributed by atoms with Crippen LogP contribution in [0.4, 0.5) is 0 Å². The Balaban J connectivity index is 0.000000444. The number of hydrogen-bond donors (Lipinski definition) is 0. The van der Waals surface area contributed by atoms with E-state index in [0.717, 1.165) is 142 Å². The van der Waals surface area contributed by atoms with E-state index in [0.29, 0.717) is 16.2 Å². The van der Waals surface area contributed by atoms with Crippen molar-refractivity contribution in [2.45, 2.75) is 355 Å². The van der Waals surface area contributed by atoms with Gasteiger partial charge in [0.05, 0.1) is 0 Å². The Morgan fingerprint density at radius 3 is 0.738 bits per heavy atom. The van der Waals surface area contributed by atoms with E-state index < -0.39 is 0 Å². The van der Waals surface area contributed by atoms with Gasteiger partial charge in [-0.3, -0.25) is 0 Å². The van der Waals surface area contributed by atoms with Gasteiger partial charge in [0.15, 0.2) is 0 Å². The van der Waals surface area contributed by atoms with Crippen molar-refractivity contribution < 1.29 is 0 Å². The van der Waals surface area contributed by atoms with Gasteiger partial charge in [0.25, 0.3) is 0 Å². The molecule has 0 saturated heterocycles. The molecule has 0 aliphatic heterocycles. The summed E-state index contributed by atoms with van der Waals surface area (Å²) in [5.74, 6) is 23.9. The smallest absolute Gasteiger partial charge is 0.0329 e. The molecule has 0 aromatic heterocycles. The van der Waals surface area contributed by atoms with Crippen molar-refractivity contribution in [3.8, 4) is 0 Å². The summed E-state index contributed by atoms with van der Waals surface area (Å²) in [5, 5.41) is 0. The molecule has 12 unspecified atom stereocenters. The third-order valence-corrected chi connectivity index (χ3v) is 26.2. The van der Waals surface area contributed by atoms with Gasteiger partial charge in [0, 0.05) is 0 Å². The summed E-state index contributed by atoms with van der Waals surface area (Å²) in [4.78, 5) is 0. The Morgan fingerprint density at radius 1 is 0.312 bits per heavy atom. The minimum Gasteiger partial charge on any atom is -0.0651 e. The number of hydrogen-bond acceptors (Lipinski definition) is 0. The Bertz CT molecular complexity index is 1370. The van der Waals surface area contributed by atoms with Gasteiger partial charge in [0.1, 0.15) is 0 Å². The molecule has 0 amide bonds. The lowest BCUT2D eigenvalue weighted by molar-refractivity contribution is 0.0302. The van der Waals surface area contributed by atoms with E-state index in [-0.39, 0.29) is 0 Å². The Hall–Kier alpha value is 0. The van der Waals surface area contributed by atoms with Crippen LogP contribution in [-0.2, 0) is 0 Å². The molecular weight excluding hydrogens is 961 g/mol. The van der Waals surface area contributed by atoms with E-state index in [1.807, 2.05) is 0 Å². The second kappa shape index (κ2) is 37.6. The fourth-order valence-electron chi connectivity index (χ4n) is 17.1. The molecule has 0 heterocycles. The van der Waals surface area contributed by atoms with Gasteiger partial charge in [0.2, 0.25) is 0 Å². The van der Waals surface area contributed by atoms with Crippen molar-refractivity contribution in [2.75, 3.05) is 0 Å². The van der Waals surface area contributed by atoms with Crippen LogP contribution in [0.3, 0.4) is 0 Å². The quantitative estimate of drug-likeness (QED) is 0.259. The minimum atomic E-state index is 0.653. The normalized spacial score (nSPS) is 42.9. The lowest BCUT2D eigenvalue weighted by atomic mass is 9.60. The highest BCUT2D eigenvalue weighted by Gasteiger charge is 2.38. The molecule has 0 heteroatoms. The third-order valence-electron chi connectivity index (χ3n) is 26.2. The van der Waals surface area contributed by atoms with E-state index in [2.05, 4.69) is 208 Å². The van der Waals surface area contributed by atoms with Crippen molar-refractivity contribution in [2.24, 2.45) is 158 Å². The first-order valence-electron chi connectivity index (χ1n) is 36.8. The van der Waals surface area contributed by atoms with Crippen LogP contribution >= 0.6 is 0 Å². The Labute approximate surface area is 511 Å². The van der Waals surface area contributed by atoms with Gasteiger partial charge >= 0.3 is 0 Å². The SMILES string of the molecule is CC1C(C)C(C)C1C.CC1CC(C(C)C)C1.CC1CC(C)C(C)C1.CC1CC(C)[C@@H](C)C1.CC1CCC(C)(C)C1.CC1CCC(C)C1C.CC1CCC(C)C1C.CC1CCCC1(C)C.CCC1CCCC1C.C[C@H]1CCC(C)(C)C1. The standard InChI is InChI=1S/10C8H16/c2*1-6-4-7(2)8(3)5-6;1-6(2)8-4-7(3)5-8;2*1-7-4-5-8(2,3)6-7;1-7-5-4-6-8(7,2)3;2*1-6-4-5-7(2)8(6)3;1-5-6(2)8(4)7(5)3;1-3-8-6-4-5-7(8)2/h3*6-8H,4-5H2,1-3H3;3*7H,4-6H2,1-3H3;2*6-8H,4-5H2,1-3H3;5-8H,1-4H3;7-8H,3-6H2,1-2H3/t6?,7-,8?;;;7-;;;;;;/m0..0....../s1. The predicted octanol–water partition coefficient (Wildman–Crippen LogP) is 27.3. The molecule has 14 atom stereocenters. The highest BCUT2D eigenvalue weighted by atomic mass is 14.4. The summed E-state index contributed by atoms with van der Waals surface area (Å²) in [6.07, 6.45) is 33.5. The second-order valence-corrected chi connectivity index (χ2v) is 35.7. The van der Waals surface area contributed by atoms with Crippen LogP contribution in [-0.4, -0.2) is 0 Å². The zero-order chi connectivity index (χ0) is 61.6. The summed E-state index contributed by atoms with van der Waals surface area (Å²) < 4.78 is 0. The molecule has 10 rings (SSSR count). The van der Waals surface area contributed by atoms with Crippen molar-refractivity contribution in [1.82, 2.24) is 0 Å². The van der Waals surface area contributed by atoms with Crippen LogP contribution in [0, 0.1) is 158 Å². The lowest BCUT2D eigenvalue weighted by Crippen LogP contribution is -2.39. The van der Waals surface area contributed by atoms with E-state index >= 15 is 0 Å². The summed E-state index contributed by atoms with van der Waals surface area (Å²) in [7, 11) is 0. The monoisotopic (exact) mass is 1120 g/mol. The van der Waals surface area contributed by atoms with Gasteiger partial charge < -0.3 is 0 Å².